The highest BCUT2D eigenvalue weighted by atomic mass is 79.9. The normalized spacial score (nSPS) is 15.6. The monoisotopic (exact) mass is 375 g/mol. The van der Waals surface area contributed by atoms with Gasteiger partial charge in [0, 0.05) is 10.5 Å². The third-order valence-electron chi connectivity index (χ3n) is 2.72. The molecule has 104 valence electrons. The van der Waals surface area contributed by atoms with Crippen molar-refractivity contribution < 1.29 is 13.5 Å². The molecule has 2 N–H and O–H groups in total. The second-order valence-corrected chi connectivity index (χ2v) is 8.43. The Hall–Kier alpha value is 0.340. The molecule has 0 bridgehead atoms. The van der Waals surface area contributed by atoms with Gasteiger partial charge in [0.25, 0.3) is 0 Å². The molecule has 1 rings (SSSR count). The van der Waals surface area contributed by atoms with Crippen LogP contribution < -0.4 is 4.72 Å². The van der Waals surface area contributed by atoms with Gasteiger partial charge >= 0.3 is 0 Å². The summed E-state index contributed by atoms with van der Waals surface area (Å²) in [5.74, 6) is 0.0589. The topological polar surface area (TPSA) is 66.4 Å². The Bertz CT molecular complexity index is 484. The smallest absolute Gasteiger partial charge is 0.250 e. The van der Waals surface area contributed by atoms with Crippen molar-refractivity contribution in [3.05, 3.63) is 14.9 Å². The minimum Gasteiger partial charge on any atom is -0.395 e. The van der Waals surface area contributed by atoms with E-state index in [-0.39, 0.29) is 16.7 Å². The van der Waals surface area contributed by atoms with Crippen LogP contribution in [-0.4, -0.2) is 26.2 Å². The second kappa shape index (κ2) is 6.67. The zero-order chi connectivity index (χ0) is 13.9. The van der Waals surface area contributed by atoms with Crippen LogP contribution in [0, 0.1) is 5.92 Å². The summed E-state index contributed by atoms with van der Waals surface area (Å²) in [5.41, 5.74) is 0. The van der Waals surface area contributed by atoms with Gasteiger partial charge in [0.1, 0.15) is 8.55 Å². The zero-order valence-electron chi connectivity index (χ0n) is 9.98. The minimum atomic E-state index is -3.63. The fourth-order valence-electron chi connectivity index (χ4n) is 1.33. The summed E-state index contributed by atoms with van der Waals surface area (Å²) in [4.78, 5) is 0. The van der Waals surface area contributed by atoms with Crippen molar-refractivity contribution in [2.75, 3.05) is 6.61 Å². The predicted octanol–water partition coefficient (Wildman–Crippen LogP) is 2.85. The molecule has 2 unspecified atom stereocenters. The van der Waals surface area contributed by atoms with E-state index >= 15 is 0 Å². The van der Waals surface area contributed by atoms with Crippen LogP contribution in [0.15, 0.2) is 14.7 Å². The Balaban J connectivity index is 2.94. The molecule has 0 aliphatic carbocycles. The third kappa shape index (κ3) is 3.91. The van der Waals surface area contributed by atoms with Gasteiger partial charge in [0.15, 0.2) is 0 Å². The highest BCUT2D eigenvalue weighted by molar-refractivity contribution is 9.10. The molecule has 0 amide bonds. The molecule has 8 heteroatoms. The lowest BCUT2D eigenvalue weighted by atomic mass is 10.0. The summed E-state index contributed by atoms with van der Waals surface area (Å²) in [6, 6.07) is 0.972. The summed E-state index contributed by atoms with van der Waals surface area (Å²) in [6.45, 7) is 3.61. The lowest BCUT2D eigenvalue weighted by molar-refractivity contribution is 0.219. The van der Waals surface area contributed by atoms with Gasteiger partial charge in [-0.2, -0.15) is 0 Å². The van der Waals surface area contributed by atoms with Crippen LogP contribution in [0.2, 0.25) is 4.34 Å². The minimum absolute atomic E-state index is 0.0589. The number of halogens is 2. The Morgan fingerprint density at radius 1 is 1.61 bits per heavy atom. The number of nitrogens with one attached hydrogen (secondary N) is 1. The van der Waals surface area contributed by atoms with Crippen LogP contribution in [0.3, 0.4) is 0 Å². The highest BCUT2D eigenvalue weighted by Gasteiger charge is 2.25. The molecule has 0 fully saturated rings. The Morgan fingerprint density at radius 3 is 2.61 bits per heavy atom. The van der Waals surface area contributed by atoms with Gasteiger partial charge in [-0.15, -0.1) is 11.3 Å². The largest absolute Gasteiger partial charge is 0.395 e. The number of hydrogen-bond acceptors (Lipinski definition) is 4. The van der Waals surface area contributed by atoms with Gasteiger partial charge in [0.05, 0.1) is 6.61 Å². The Morgan fingerprint density at radius 2 is 2.22 bits per heavy atom. The van der Waals surface area contributed by atoms with Crippen molar-refractivity contribution in [3.8, 4) is 0 Å². The highest BCUT2D eigenvalue weighted by Crippen LogP contribution is 2.34. The van der Waals surface area contributed by atoms with Crippen molar-refractivity contribution in [2.45, 2.75) is 30.5 Å². The fourth-order valence-corrected chi connectivity index (χ4v) is 4.99. The summed E-state index contributed by atoms with van der Waals surface area (Å²) in [6.07, 6.45) is 0.780. The SMILES string of the molecule is CCC(C)C(CO)NS(=O)(=O)c1cc(Br)c(Cl)s1. The van der Waals surface area contributed by atoms with Crippen molar-refractivity contribution in [1.82, 2.24) is 4.72 Å². The van der Waals surface area contributed by atoms with Gasteiger partial charge in [-0.05, 0) is 27.9 Å². The predicted molar refractivity (Wildman–Crippen MR) is 77.7 cm³/mol. The summed E-state index contributed by atoms with van der Waals surface area (Å²) >= 11 is 9.98. The lowest BCUT2D eigenvalue weighted by Gasteiger charge is -2.21. The molecule has 0 saturated carbocycles. The van der Waals surface area contributed by atoms with E-state index in [1.807, 2.05) is 13.8 Å². The molecule has 18 heavy (non-hydrogen) atoms. The average Bonchev–Trinajstić information content (AvgIpc) is 2.66. The van der Waals surface area contributed by atoms with Crippen LogP contribution in [0.25, 0.3) is 0 Å². The standard InChI is InChI=1S/C10H15BrClNO3S2/c1-3-6(2)8(5-14)13-18(15,16)9-4-7(11)10(12)17-9/h4,6,8,13-14H,3,5H2,1-2H3. The van der Waals surface area contributed by atoms with E-state index in [1.165, 1.54) is 6.07 Å². The van der Waals surface area contributed by atoms with E-state index in [2.05, 4.69) is 20.7 Å². The van der Waals surface area contributed by atoms with Gasteiger partial charge in [-0.3, -0.25) is 0 Å². The van der Waals surface area contributed by atoms with E-state index in [4.69, 9.17) is 11.6 Å². The summed E-state index contributed by atoms with van der Waals surface area (Å²) in [7, 11) is -3.63. The molecule has 0 aliphatic heterocycles. The number of thiophene rings is 1. The van der Waals surface area contributed by atoms with Gasteiger partial charge < -0.3 is 5.11 Å². The van der Waals surface area contributed by atoms with Crippen LogP contribution >= 0.6 is 38.9 Å². The molecule has 0 radical (unpaired) electrons. The second-order valence-electron chi connectivity index (χ2n) is 3.98. The summed E-state index contributed by atoms with van der Waals surface area (Å²) in [5, 5.41) is 9.24. The number of rotatable bonds is 6. The third-order valence-corrected chi connectivity index (χ3v) is 7.16. The number of hydrogen-bond donors (Lipinski definition) is 2. The van der Waals surface area contributed by atoms with Crippen LogP contribution in [0.1, 0.15) is 20.3 Å². The van der Waals surface area contributed by atoms with Crippen LogP contribution in [-0.2, 0) is 10.0 Å². The molecule has 1 aromatic heterocycles. The first kappa shape index (κ1) is 16.4. The van der Waals surface area contributed by atoms with E-state index < -0.39 is 16.1 Å². The maximum Gasteiger partial charge on any atom is 0.250 e. The molecule has 1 aromatic rings. The Kier molecular flexibility index (Phi) is 6.08. The van der Waals surface area contributed by atoms with E-state index in [1.54, 1.807) is 0 Å². The summed E-state index contributed by atoms with van der Waals surface area (Å²) < 4.78 is 27.8. The molecular formula is C10H15BrClNO3S2. The van der Waals surface area contributed by atoms with E-state index in [0.717, 1.165) is 17.8 Å². The number of aliphatic hydroxyl groups is 1. The quantitative estimate of drug-likeness (QED) is 0.802. The zero-order valence-corrected chi connectivity index (χ0v) is 14.0. The molecule has 1 heterocycles. The average molecular weight is 377 g/mol. The number of sulfonamides is 1. The van der Waals surface area contributed by atoms with Crippen molar-refractivity contribution >= 4 is 48.9 Å². The molecule has 0 aliphatic rings. The molecule has 4 nitrogen and oxygen atoms in total. The number of aliphatic hydroxyl groups excluding tert-OH is 1. The van der Waals surface area contributed by atoms with Gasteiger partial charge in [0.2, 0.25) is 10.0 Å². The maximum atomic E-state index is 12.1. The first-order chi connectivity index (χ1) is 8.31. The van der Waals surface area contributed by atoms with E-state index in [0.29, 0.717) is 8.81 Å². The molecule has 2 atom stereocenters. The lowest BCUT2D eigenvalue weighted by Crippen LogP contribution is -2.41. The Labute approximate surface area is 125 Å². The molecule has 0 aromatic carbocycles. The van der Waals surface area contributed by atoms with Crippen molar-refractivity contribution in [1.29, 1.82) is 0 Å². The van der Waals surface area contributed by atoms with Crippen molar-refractivity contribution in [2.24, 2.45) is 5.92 Å². The first-order valence-corrected chi connectivity index (χ1v) is 8.86. The maximum absolute atomic E-state index is 12.1. The first-order valence-electron chi connectivity index (χ1n) is 5.39. The van der Waals surface area contributed by atoms with Crippen LogP contribution in [0.4, 0.5) is 0 Å². The molecule has 0 spiro atoms. The van der Waals surface area contributed by atoms with Gasteiger partial charge in [-0.25, -0.2) is 13.1 Å². The fraction of sp³-hybridized carbons (Fsp3) is 0.600. The van der Waals surface area contributed by atoms with Gasteiger partial charge in [-0.1, -0.05) is 31.9 Å². The van der Waals surface area contributed by atoms with Crippen molar-refractivity contribution in [3.63, 3.8) is 0 Å². The molecule has 0 saturated heterocycles. The molecular weight excluding hydrogens is 362 g/mol. The van der Waals surface area contributed by atoms with E-state index in [9.17, 15) is 13.5 Å². The van der Waals surface area contributed by atoms with Crippen LogP contribution in [0.5, 0.6) is 0 Å².